The van der Waals surface area contributed by atoms with E-state index in [0.29, 0.717) is 0 Å². The molecule has 0 bridgehead atoms. The second-order valence-electron chi connectivity index (χ2n) is 5.53. The number of rotatable bonds is 3. The monoisotopic (exact) mass is 266 g/mol. The largest absolute Gasteiger partial charge is 0.399 e. The van der Waals surface area contributed by atoms with Crippen molar-refractivity contribution in [3.05, 3.63) is 59.7 Å². The molecule has 1 aliphatic carbocycles. The summed E-state index contributed by atoms with van der Waals surface area (Å²) in [4.78, 5) is 12.6. The van der Waals surface area contributed by atoms with Crippen LogP contribution in [0.1, 0.15) is 24.0 Å². The van der Waals surface area contributed by atoms with Crippen molar-refractivity contribution in [1.82, 2.24) is 0 Å². The maximum absolute atomic E-state index is 12.6. The van der Waals surface area contributed by atoms with E-state index in [1.54, 1.807) is 0 Å². The molecule has 1 saturated carbocycles. The zero-order valence-corrected chi connectivity index (χ0v) is 11.5. The summed E-state index contributed by atoms with van der Waals surface area (Å²) < 4.78 is 0. The van der Waals surface area contributed by atoms with Crippen LogP contribution in [0.25, 0.3) is 0 Å². The number of carbonyl (C=O) groups excluding carboxylic acids is 1. The minimum absolute atomic E-state index is 0.0767. The third-order valence-corrected chi connectivity index (χ3v) is 3.92. The zero-order chi connectivity index (χ0) is 14.2. The minimum Gasteiger partial charge on any atom is -0.399 e. The Morgan fingerprint density at radius 2 is 1.85 bits per heavy atom. The first-order valence-electron chi connectivity index (χ1n) is 6.84. The van der Waals surface area contributed by atoms with E-state index in [1.807, 2.05) is 55.5 Å². The second-order valence-corrected chi connectivity index (χ2v) is 5.53. The Kier molecular flexibility index (Phi) is 2.97. The Morgan fingerprint density at radius 3 is 2.45 bits per heavy atom. The number of benzene rings is 2. The third kappa shape index (κ3) is 2.27. The first-order chi connectivity index (χ1) is 9.60. The molecule has 3 nitrogen and oxygen atoms in total. The van der Waals surface area contributed by atoms with Crippen LogP contribution in [-0.4, -0.2) is 5.91 Å². The standard InChI is InChI=1S/C17H18N2O/c1-12-3-2-4-15(11-12)19-16(20)17(9-10-17)13-5-7-14(18)8-6-13/h2-8,11H,9-10,18H2,1H3,(H,19,20). The number of anilines is 2. The number of carbonyl (C=O) groups is 1. The normalized spacial score (nSPS) is 15.7. The van der Waals surface area contributed by atoms with Gasteiger partial charge in [0.05, 0.1) is 5.41 Å². The van der Waals surface area contributed by atoms with E-state index in [9.17, 15) is 4.79 Å². The van der Waals surface area contributed by atoms with E-state index >= 15 is 0 Å². The van der Waals surface area contributed by atoms with Crippen LogP contribution in [0.2, 0.25) is 0 Å². The van der Waals surface area contributed by atoms with E-state index in [-0.39, 0.29) is 11.3 Å². The lowest BCUT2D eigenvalue weighted by Gasteiger charge is -2.16. The SMILES string of the molecule is Cc1cccc(NC(=O)C2(c3ccc(N)cc3)CC2)c1. The van der Waals surface area contributed by atoms with Gasteiger partial charge in [-0.15, -0.1) is 0 Å². The van der Waals surface area contributed by atoms with E-state index in [2.05, 4.69) is 5.32 Å². The van der Waals surface area contributed by atoms with Gasteiger partial charge < -0.3 is 11.1 Å². The highest BCUT2D eigenvalue weighted by Gasteiger charge is 2.51. The van der Waals surface area contributed by atoms with Gasteiger partial charge in [0.25, 0.3) is 0 Å². The molecular weight excluding hydrogens is 248 g/mol. The summed E-state index contributed by atoms with van der Waals surface area (Å²) in [7, 11) is 0. The van der Waals surface area contributed by atoms with Crippen molar-refractivity contribution < 1.29 is 4.79 Å². The molecule has 0 heterocycles. The average molecular weight is 266 g/mol. The number of hydrogen-bond donors (Lipinski definition) is 2. The minimum atomic E-state index is -0.364. The van der Waals surface area contributed by atoms with Crippen LogP contribution in [0.4, 0.5) is 11.4 Å². The first kappa shape index (κ1) is 12.7. The van der Waals surface area contributed by atoms with Crippen LogP contribution in [-0.2, 0) is 10.2 Å². The molecule has 1 aliphatic rings. The summed E-state index contributed by atoms with van der Waals surface area (Å²) in [6.45, 7) is 2.02. The lowest BCUT2D eigenvalue weighted by molar-refractivity contribution is -0.118. The van der Waals surface area contributed by atoms with Crippen LogP contribution in [0.15, 0.2) is 48.5 Å². The lowest BCUT2D eigenvalue weighted by Crippen LogP contribution is -2.27. The Balaban J connectivity index is 1.81. The molecule has 0 aliphatic heterocycles. The van der Waals surface area contributed by atoms with E-state index in [1.165, 1.54) is 0 Å². The molecule has 3 rings (SSSR count). The van der Waals surface area contributed by atoms with E-state index < -0.39 is 0 Å². The highest BCUT2D eigenvalue weighted by atomic mass is 16.2. The number of hydrogen-bond acceptors (Lipinski definition) is 2. The van der Waals surface area contributed by atoms with Gasteiger partial charge in [0, 0.05) is 11.4 Å². The van der Waals surface area contributed by atoms with Gasteiger partial charge in [0.2, 0.25) is 5.91 Å². The Morgan fingerprint density at radius 1 is 1.15 bits per heavy atom. The van der Waals surface area contributed by atoms with Gasteiger partial charge in [-0.05, 0) is 55.2 Å². The maximum Gasteiger partial charge on any atom is 0.235 e. The molecule has 3 heteroatoms. The summed E-state index contributed by atoms with van der Waals surface area (Å²) >= 11 is 0. The summed E-state index contributed by atoms with van der Waals surface area (Å²) in [5.41, 5.74) is 9.12. The van der Waals surface area contributed by atoms with Gasteiger partial charge in [0.15, 0.2) is 0 Å². The number of nitrogens with one attached hydrogen (secondary N) is 1. The molecule has 1 amide bonds. The molecular formula is C17H18N2O. The molecule has 0 atom stereocenters. The Labute approximate surface area is 118 Å². The molecule has 1 fully saturated rings. The van der Waals surface area contributed by atoms with Crippen molar-refractivity contribution in [1.29, 1.82) is 0 Å². The van der Waals surface area contributed by atoms with Crippen LogP contribution in [0.5, 0.6) is 0 Å². The van der Waals surface area contributed by atoms with Crippen molar-refractivity contribution in [2.24, 2.45) is 0 Å². The molecule has 2 aromatic rings. The quantitative estimate of drug-likeness (QED) is 0.838. The molecule has 20 heavy (non-hydrogen) atoms. The summed E-state index contributed by atoms with van der Waals surface area (Å²) in [5.74, 6) is 0.0767. The van der Waals surface area contributed by atoms with Crippen LogP contribution < -0.4 is 11.1 Å². The molecule has 3 N–H and O–H groups in total. The van der Waals surface area contributed by atoms with Crippen molar-refractivity contribution in [3.8, 4) is 0 Å². The van der Waals surface area contributed by atoms with Gasteiger partial charge in [-0.25, -0.2) is 0 Å². The fourth-order valence-electron chi connectivity index (χ4n) is 2.55. The van der Waals surface area contributed by atoms with Crippen LogP contribution >= 0.6 is 0 Å². The number of nitrogen functional groups attached to an aromatic ring is 1. The fraction of sp³-hybridized carbons (Fsp3) is 0.235. The van der Waals surface area contributed by atoms with E-state index in [0.717, 1.165) is 35.3 Å². The van der Waals surface area contributed by atoms with Gasteiger partial charge in [0.1, 0.15) is 0 Å². The zero-order valence-electron chi connectivity index (χ0n) is 11.5. The highest BCUT2D eigenvalue weighted by molar-refractivity contribution is 6.01. The molecule has 0 radical (unpaired) electrons. The van der Waals surface area contributed by atoms with Crippen molar-refractivity contribution >= 4 is 17.3 Å². The molecule has 0 saturated heterocycles. The predicted octanol–water partition coefficient (Wildman–Crippen LogP) is 3.25. The molecule has 0 aromatic heterocycles. The number of nitrogens with two attached hydrogens (primary N) is 1. The van der Waals surface area contributed by atoms with Crippen LogP contribution in [0.3, 0.4) is 0 Å². The van der Waals surface area contributed by atoms with Crippen molar-refractivity contribution in [2.45, 2.75) is 25.2 Å². The van der Waals surface area contributed by atoms with Crippen molar-refractivity contribution in [3.63, 3.8) is 0 Å². The van der Waals surface area contributed by atoms with E-state index in [4.69, 9.17) is 5.73 Å². The fourth-order valence-corrected chi connectivity index (χ4v) is 2.55. The predicted molar refractivity (Wildman–Crippen MR) is 81.6 cm³/mol. The summed E-state index contributed by atoms with van der Waals surface area (Å²) in [6.07, 6.45) is 1.79. The Hall–Kier alpha value is -2.29. The molecule has 2 aromatic carbocycles. The maximum atomic E-state index is 12.6. The molecule has 0 spiro atoms. The topological polar surface area (TPSA) is 55.1 Å². The van der Waals surface area contributed by atoms with Gasteiger partial charge in [-0.3, -0.25) is 4.79 Å². The first-order valence-corrected chi connectivity index (χ1v) is 6.84. The smallest absolute Gasteiger partial charge is 0.235 e. The average Bonchev–Trinajstić information content (AvgIpc) is 3.21. The summed E-state index contributed by atoms with van der Waals surface area (Å²) in [5, 5.41) is 3.03. The van der Waals surface area contributed by atoms with Crippen molar-refractivity contribution in [2.75, 3.05) is 11.1 Å². The van der Waals surface area contributed by atoms with Gasteiger partial charge in [-0.2, -0.15) is 0 Å². The Bertz CT molecular complexity index is 642. The lowest BCUT2D eigenvalue weighted by atomic mass is 9.94. The van der Waals surface area contributed by atoms with Gasteiger partial charge >= 0.3 is 0 Å². The number of aryl methyl sites for hydroxylation is 1. The molecule has 0 unspecified atom stereocenters. The van der Waals surface area contributed by atoms with Gasteiger partial charge in [-0.1, -0.05) is 24.3 Å². The van der Waals surface area contributed by atoms with Crippen LogP contribution in [0, 0.1) is 6.92 Å². The molecule has 102 valence electrons. The second kappa shape index (κ2) is 4.67. The highest BCUT2D eigenvalue weighted by Crippen LogP contribution is 2.49. The number of amides is 1. The summed E-state index contributed by atoms with van der Waals surface area (Å²) in [6, 6.07) is 15.5. The third-order valence-electron chi connectivity index (χ3n) is 3.92.